The Kier molecular flexibility index (Phi) is 5.12. The Morgan fingerprint density at radius 2 is 2.10 bits per heavy atom. The molecule has 0 spiro atoms. The SMILES string of the molecule is CCCOc1ccc(NCc2c(C)nn(C)c2C)cc1Cl. The molecule has 1 aromatic heterocycles. The molecule has 0 bridgehead atoms. The highest BCUT2D eigenvalue weighted by Gasteiger charge is 2.09. The summed E-state index contributed by atoms with van der Waals surface area (Å²) in [6, 6.07) is 5.79. The summed E-state index contributed by atoms with van der Waals surface area (Å²) >= 11 is 6.23. The van der Waals surface area contributed by atoms with Gasteiger partial charge >= 0.3 is 0 Å². The molecule has 0 atom stereocenters. The molecule has 1 N–H and O–H groups in total. The smallest absolute Gasteiger partial charge is 0.138 e. The Morgan fingerprint density at radius 1 is 1.33 bits per heavy atom. The fourth-order valence-corrected chi connectivity index (χ4v) is 2.44. The molecule has 5 heteroatoms. The summed E-state index contributed by atoms with van der Waals surface area (Å²) < 4.78 is 7.48. The van der Waals surface area contributed by atoms with E-state index in [4.69, 9.17) is 16.3 Å². The first-order chi connectivity index (χ1) is 10.0. The summed E-state index contributed by atoms with van der Waals surface area (Å²) in [6.07, 6.45) is 0.968. The van der Waals surface area contributed by atoms with E-state index in [1.807, 2.05) is 36.9 Å². The summed E-state index contributed by atoms with van der Waals surface area (Å²) in [5.41, 5.74) is 4.43. The van der Waals surface area contributed by atoms with Crippen LogP contribution in [0.15, 0.2) is 18.2 Å². The minimum atomic E-state index is 0.632. The zero-order chi connectivity index (χ0) is 15.4. The molecule has 114 valence electrons. The van der Waals surface area contributed by atoms with Crippen molar-refractivity contribution in [2.75, 3.05) is 11.9 Å². The fraction of sp³-hybridized carbons (Fsp3) is 0.438. The van der Waals surface area contributed by atoms with E-state index in [0.29, 0.717) is 11.6 Å². The van der Waals surface area contributed by atoms with E-state index in [-0.39, 0.29) is 0 Å². The molecular formula is C16H22ClN3O. The van der Waals surface area contributed by atoms with Crippen LogP contribution < -0.4 is 10.1 Å². The fourth-order valence-electron chi connectivity index (χ4n) is 2.20. The van der Waals surface area contributed by atoms with Crippen molar-refractivity contribution in [1.82, 2.24) is 9.78 Å². The summed E-state index contributed by atoms with van der Waals surface area (Å²) in [6.45, 7) is 7.59. The molecule has 0 radical (unpaired) electrons. The van der Waals surface area contributed by atoms with E-state index >= 15 is 0 Å². The van der Waals surface area contributed by atoms with Gasteiger partial charge in [0.15, 0.2) is 0 Å². The van der Waals surface area contributed by atoms with Crippen molar-refractivity contribution in [1.29, 1.82) is 0 Å². The van der Waals surface area contributed by atoms with E-state index in [1.54, 1.807) is 0 Å². The van der Waals surface area contributed by atoms with Crippen LogP contribution in [0.5, 0.6) is 5.75 Å². The van der Waals surface area contributed by atoms with Gasteiger partial charge in [-0.05, 0) is 38.5 Å². The van der Waals surface area contributed by atoms with Crippen LogP contribution in [0.3, 0.4) is 0 Å². The minimum Gasteiger partial charge on any atom is -0.492 e. The maximum absolute atomic E-state index is 6.23. The molecule has 0 aliphatic carbocycles. The van der Waals surface area contributed by atoms with E-state index in [2.05, 4.69) is 24.3 Å². The van der Waals surface area contributed by atoms with Crippen molar-refractivity contribution in [3.8, 4) is 5.75 Å². The lowest BCUT2D eigenvalue weighted by Gasteiger charge is -2.11. The molecule has 0 aliphatic rings. The minimum absolute atomic E-state index is 0.632. The second kappa shape index (κ2) is 6.85. The molecule has 0 saturated carbocycles. The van der Waals surface area contributed by atoms with Crippen molar-refractivity contribution in [2.24, 2.45) is 7.05 Å². The summed E-state index contributed by atoms with van der Waals surface area (Å²) in [7, 11) is 1.96. The lowest BCUT2D eigenvalue weighted by atomic mass is 10.2. The molecule has 21 heavy (non-hydrogen) atoms. The highest BCUT2D eigenvalue weighted by molar-refractivity contribution is 6.32. The van der Waals surface area contributed by atoms with Gasteiger partial charge in [-0.15, -0.1) is 0 Å². The zero-order valence-electron chi connectivity index (χ0n) is 13.0. The Bertz CT molecular complexity index is 622. The number of aromatic nitrogens is 2. The van der Waals surface area contributed by atoms with Gasteiger partial charge in [-0.3, -0.25) is 4.68 Å². The average molecular weight is 308 g/mol. The number of halogens is 1. The third-order valence-corrected chi connectivity index (χ3v) is 3.82. The van der Waals surface area contributed by atoms with Crippen LogP contribution >= 0.6 is 11.6 Å². The monoisotopic (exact) mass is 307 g/mol. The molecule has 0 amide bonds. The molecule has 1 heterocycles. The maximum Gasteiger partial charge on any atom is 0.138 e. The predicted octanol–water partition coefficient (Wildman–Crippen LogP) is 4.09. The molecule has 2 rings (SSSR count). The van der Waals surface area contributed by atoms with Gasteiger partial charge in [0.2, 0.25) is 0 Å². The first kappa shape index (κ1) is 15.7. The molecule has 0 saturated heterocycles. The number of anilines is 1. The summed E-state index contributed by atoms with van der Waals surface area (Å²) in [5, 5.41) is 8.44. The Labute approximate surface area is 131 Å². The standard InChI is InChI=1S/C16H22ClN3O/c1-5-8-21-16-7-6-13(9-15(16)17)18-10-14-11(2)19-20(4)12(14)3/h6-7,9,18H,5,8,10H2,1-4H3. The topological polar surface area (TPSA) is 39.1 Å². The zero-order valence-corrected chi connectivity index (χ0v) is 13.8. The number of nitrogens with zero attached hydrogens (tertiary/aromatic N) is 2. The number of hydrogen-bond acceptors (Lipinski definition) is 3. The number of nitrogens with one attached hydrogen (secondary N) is 1. The summed E-state index contributed by atoms with van der Waals surface area (Å²) in [4.78, 5) is 0. The van der Waals surface area contributed by atoms with Gasteiger partial charge in [-0.2, -0.15) is 5.10 Å². The lowest BCUT2D eigenvalue weighted by Crippen LogP contribution is -2.03. The van der Waals surface area contributed by atoms with Gasteiger partial charge in [0.05, 0.1) is 17.3 Å². The van der Waals surface area contributed by atoms with Gasteiger partial charge in [0.25, 0.3) is 0 Å². The van der Waals surface area contributed by atoms with Gasteiger partial charge < -0.3 is 10.1 Å². The molecule has 1 aromatic carbocycles. The van der Waals surface area contributed by atoms with Crippen LogP contribution in [0.4, 0.5) is 5.69 Å². The molecular weight excluding hydrogens is 286 g/mol. The van der Waals surface area contributed by atoms with Crippen LogP contribution in [0.1, 0.15) is 30.3 Å². The Hall–Kier alpha value is -1.68. The third kappa shape index (κ3) is 3.70. The van der Waals surface area contributed by atoms with E-state index in [1.165, 1.54) is 11.3 Å². The predicted molar refractivity (Wildman–Crippen MR) is 87.2 cm³/mol. The molecule has 2 aromatic rings. The number of ether oxygens (including phenoxy) is 1. The number of aryl methyl sites for hydroxylation is 2. The second-order valence-electron chi connectivity index (χ2n) is 5.12. The number of hydrogen-bond donors (Lipinski definition) is 1. The third-order valence-electron chi connectivity index (χ3n) is 3.52. The van der Waals surface area contributed by atoms with Gasteiger partial charge in [-0.25, -0.2) is 0 Å². The number of benzene rings is 1. The van der Waals surface area contributed by atoms with Crippen LogP contribution in [-0.4, -0.2) is 16.4 Å². The first-order valence-electron chi connectivity index (χ1n) is 7.18. The number of rotatable bonds is 6. The highest BCUT2D eigenvalue weighted by Crippen LogP contribution is 2.28. The van der Waals surface area contributed by atoms with E-state index < -0.39 is 0 Å². The van der Waals surface area contributed by atoms with Gasteiger partial charge in [0, 0.05) is 30.5 Å². The van der Waals surface area contributed by atoms with Gasteiger partial charge in [0.1, 0.15) is 5.75 Å². The van der Waals surface area contributed by atoms with Gasteiger partial charge in [-0.1, -0.05) is 18.5 Å². The average Bonchev–Trinajstić information content (AvgIpc) is 2.69. The van der Waals surface area contributed by atoms with E-state index in [9.17, 15) is 0 Å². The summed E-state index contributed by atoms with van der Waals surface area (Å²) in [5.74, 6) is 0.734. The van der Waals surface area contributed by atoms with Crippen molar-refractivity contribution in [2.45, 2.75) is 33.7 Å². The van der Waals surface area contributed by atoms with Crippen LogP contribution in [0.2, 0.25) is 5.02 Å². The van der Waals surface area contributed by atoms with Crippen molar-refractivity contribution < 1.29 is 4.74 Å². The van der Waals surface area contributed by atoms with Crippen molar-refractivity contribution >= 4 is 17.3 Å². The van der Waals surface area contributed by atoms with Crippen LogP contribution in [0, 0.1) is 13.8 Å². The van der Waals surface area contributed by atoms with Crippen LogP contribution in [-0.2, 0) is 13.6 Å². The molecule has 0 unspecified atom stereocenters. The van der Waals surface area contributed by atoms with Crippen molar-refractivity contribution in [3.63, 3.8) is 0 Å². The first-order valence-corrected chi connectivity index (χ1v) is 7.56. The largest absolute Gasteiger partial charge is 0.492 e. The molecule has 0 aliphatic heterocycles. The normalized spacial score (nSPS) is 10.7. The quantitative estimate of drug-likeness (QED) is 0.873. The Morgan fingerprint density at radius 3 is 2.67 bits per heavy atom. The molecule has 4 nitrogen and oxygen atoms in total. The van der Waals surface area contributed by atoms with Crippen molar-refractivity contribution in [3.05, 3.63) is 40.2 Å². The Balaban J connectivity index is 2.05. The lowest BCUT2D eigenvalue weighted by molar-refractivity contribution is 0.317. The highest BCUT2D eigenvalue weighted by atomic mass is 35.5. The van der Waals surface area contributed by atoms with E-state index in [0.717, 1.165) is 30.1 Å². The second-order valence-corrected chi connectivity index (χ2v) is 5.53. The molecule has 0 fully saturated rings. The maximum atomic E-state index is 6.23. The van der Waals surface area contributed by atoms with Crippen LogP contribution in [0.25, 0.3) is 0 Å².